The van der Waals surface area contributed by atoms with Crippen LogP contribution in [0.5, 0.6) is 5.75 Å². The van der Waals surface area contributed by atoms with Crippen molar-refractivity contribution in [3.8, 4) is 5.75 Å². The van der Waals surface area contributed by atoms with Gasteiger partial charge in [0.25, 0.3) is 0 Å². The average molecular weight is 433 g/mol. The van der Waals surface area contributed by atoms with Gasteiger partial charge in [-0.2, -0.15) is 0 Å². The summed E-state index contributed by atoms with van der Waals surface area (Å²) >= 11 is 5.96. The molecule has 1 aromatic rings. The maximum absolute atomic E-state index is 13.4. The third-order valence-corrected chi connectivity index (χ3v) is 6.42. The number of carbonyl (C=O) groups excluding carboxylic acids is 2. The molecule has 2 aliphatic carbocycles. The van der Waals surface area contributed by atoms with Gasteiger partial charge >= 0.3 is 0 Å². The second-order valence-corrected chi connectivity index (χ2v) is 8.51. The first-order valence-corrected chi connectivity index (χ1v) is 11.6. The number of rotatable bonds is 9. The number of allylic oxidation sites excluding steroid dienone is 1. The van der Waals surface area contributed by atoms with Crippen molar-refractivity contribution in [2.45, 2.75) is 69.9 Å². The monoisotopic (exact) mass is 432 g/mol. The van der Waals surface area contributed by atoms with E-state index in [-0.39, 0.29) is 23.7 Å². The number of nitrogens with zero attached hydrogens (tertiary/aromatic N) is 1. The molecular formula is C24H33ClN2O3. The van der Waals surface area contributed by atoms with Crippen LogP contribution in [-0.2, 0) is 9.59 Å². The van der Waals surface area contributed by atoms with Crippen molar-refractivity contribution in [1.29, 1.82) is 0 Å². The molecule has 30 heavy (non-hydrogen) atoms. The van der Waals surface area contributed by atoms with E-state index < -0.39 is 6.04 Å². The Morgan fingerprint density at radius 1 is 1.17 bits per heavy atom. The van der Waals surface area contributed by atoms with Gasteiger partial charge < -0.3 is 15.0 Å². The van der Waals surface area contributed by atoms with E-state index in [0.717, 1.165) is 56.3 Å². The van der Waals surface area contributed by atoms with Gasteiger partial charge in [-0.25, -0.2) is 0 Å². The van der Waals surface area contributed by atoms with Gasteiger partial charge in [-0.3, -0.25) is 9.59 Å². The van der Waals surface area contributed by atoms with Crippen molar-refractivity contribution in [1.82, 2.24) is 10.2 Å². The van der Waals surface area contributed by atoms with Crippen LogP contribution in [0.4, 0.5) is 0 Å². The van der Waals surface area contributed by atoms with E-state index in [0.29, 0.717) is 6.54 Å². The molecule has 1 atom stereocenters. The lowest BCUT2D eigenvalue weighted by atomic mass is 9.96. The third-order valence-electron chi connectivity index (χ3n) is 6.19. The summed E-state index contributed by atoms with van der Waals surface area (Å²) in [6.45, 7) is 0.492. The van der Waals surface area contributed by atoms with Gasteiger partial charge in [0.05, 0.1) is 7.11 Å². The molecule has 6 heteroatoms. The highest BCUT2D eigenvalue weighted by Gasteiger charge is 2.32. The third kappa shape index (κ3) is 6.00. The minimum Gasteiger partial charge on any atom is -0.497 e. The number of hydrogen-bond donors (Lipinski definition) is 1. The number of methoxy groups -OCH3 is 1. The Hall–Kier alpha value is -2.01. The Morgan fingerprint density at radius 3 is 2.50 bits per heavy atom. The Balaban J connectivity index is 1.84. The van der Waals surface area contributed by atoms with Crippen LogP contribution in [0, 0.1) is 0 Å². The topological polar surface area (TPSA) is 58.6 Å². The van der Waals surface area contributed by atoms with Crippen molar-refractivity contribution in [3.05, 3.63) is 41.5 Å². The van der Waals surface area contributed by atoms with E-state index >= 15 is 0 Å². The highest BCUT2D eigenvalue weighted by molar-refractivity contribution is 6.27. The lowest BCUT2D eigenvalue weighted by Gasteiger charge is -2.32. The fourth-order valence-corrected chi connectivity index (χ4v) is 4.63. The molecule has 1 N–H and O–H groups in total. The van der Waals surface area contributed by atoms with E-state index in [1.807, 2.05) is 24.3 Å². The number of alkyl halides is 1. The molecule has 164 valence electrons. The lowest BCUT2D eigenvalue weighted by molar-refractivity contribution is -0.139. The molecule has 3 rings (SSSR count). The molecule has 1 aromatic carbocycles. The second kappa shape index (κ2) is 11.4. The van der Waals surface area contributed by atoms with Gasteiger partial charge in [-0.15, -0.1) is 11.6 Å². The van der Waals surface area contributed by atoms with Crippen LogP contribution in [0.2, 0.25) is 0 Å². The highest BCUT2D eigenvalue weighted by Crippen LogP contribution is 2.28. The van der Waals surface area contributed by atoms with E-state index in [9.17, 15) is 9.59 Å². The summed E-state index contributed by atoms with van der Waals surface area (Å²) in [5, 5.41) is 3.18. The second-order valence-electron chi connectivity index (χ2n) is 8.24. The maximum Gasteiger partial charge on any atom is 0.247 e. The Bertz CT molecular complexity index is 741. The molecule has 1 fully saturated rings. The average Bonchev–Trinajstić information content (AvgIpc) is 3.30. The van der Waals surface area contributed by atoms with Crippen molar-refractivity contribution in [2.75, 3.05) is 19.5 Å². The number of carbonyl (C=O) groups is 2. The zero-order valence-electron chi connectivity index (χ0n) is 17.9. The first-order valence-electron chi connectivity index (χ1n) is 11.1. The largest absolute Gasteiger partial charge is 0.497 e. The minimum absolute atomic E-state index is 0.122. The molecule has 0 aliphatic heterocycles. The normalized spacial score (nSPS) is 17.9. The number of hydrogen-bond acceptors (Lipinski definition) is 3. The predicted octanol–water partition coefficient (Wildman–Crippen LogP) is 4.75. The number of ether oxygens (including phenoxy) is 1. The lowest BCUT2D eigenvalue weighted by Crippen LogP contribution is -2.47. The van der Waals surface area contributed by atoms with E-state index in [1.165, 1.54) is 18.4 Å². The molecule has 0 heterocycles. The Labute approximate surface area is 184 Å². The van der Waals surface area contributed by atoms with Crippen molar-refractivity contribution >= 4 is 23.4 Å². The molecule has 5 nitrogen and oxygen atoms in total. The van der Waals surface area contributed by atoms with Crippen LogP contribution in [0.3, 0.4) is 0 Å². The van der Waals surface area contributed by atoms with Crippen LogP contribution in [0.1, 0.15) is 69.4 Å². The summed E-state index contributed by atoms with van der Waals surface area (Å²) < 4.78 is 5.26. The molecule has 1 saturated carbocycles. The van der Waals surface area contributed by atoms with Crippen molar-refractivity contribution in [2.24, 2.45) is 0 Å². The van der Waals surface area contributed by atoms with Gasteiger partial charge in [0.15, 0.2) is 0 Å². The van der Waals surface area contributed by atoms with E-state index in [1.54, 1.807) is 12.0 Å². The summed E-state index contributed by atoms with van der Waals surface area (Å²) in [6.07, 6.45) is 11.9. The molecular weight excluding hydrogens is 400 g/mol. The summed E-state index contributed by atoms with van der Waals surface area (Å²) in [4.78, 5) is 27.9. The fourth-order valence-electron chi connectivity index (χ4n) is 4.48. The van der Waals surface area contributed by atoms with Gasteiger partial charge in [0.1, 0.15) is 17.7 Å². The number of halogens is 1. The smallest absolute Gasteiger partial charge is 0.247 e. The summed E-state index contributed by atoms with van der Waals surface area (Å²) in [5.74, 6) is 0.248. The SMILES string of the molecule is COc1ccc([C@H](C(=O)NC2CCCC2)N(CCC2=CCCCC2)C(=O)CCl)cc1. The van der Waals surface area contributed by atoms with E-state index in [2.05, 4.69) is 11.4 Å². The van der Waals surface area contributed by atoms with Crippen molar-refractivity contribution in [3.63, 3.8) is 0 Å². The molecule has 2 amide bonds. The molecule has 0 saturated heterocycles. The number of benzene rings is 1. The molecule has 0 radical (unpaired) electrons. The summed E-state index contributed by atoms with van der Waals surface area (Å²) in [7, 11) is 1.61. The maximum atomic E-state index is 13.4. The summed E-state index contributed by atoms with van der Waals surface area (Å²) in [5.41, 5.74) is 2.15. The number of nitrogens with one attached hydrogen (secondary N) is 1. The molecule has 0 bridgehead atoms. The standard InChI is InChI=1S/C24H33ClN2O3/c1-30-21-13-11-19(12-14-21)23(24(29)26-20-9-5-6-10-20)27(22(28)17-25)16-15-18-7-3-2-4-8-18/h7,11-14,20,23H,2-6,8-10,15-17H2,1H3,(H,26,29)/t23-/m1/s1. The highest BCUT2D eigenvalue weighted by atomic mass is 35.5. The van der Waals surface area contributed by atoms with Crippen LogP contribution in [-0.4, -0.2) is 42.3 Å². The number of amides is 2. The van der Waals surface area contributed by atoms with Crippen LogP contribution in [0.15, 0.2) is 35.9 Å². The van der Waals surface area contributed by atoms with Crippen LogP contribution in [0.25, 0.3) is 0 Å². The molecule has 2 aliphatic rings. The zero-order chi connectivity index (χ0) is 21.3. The molecule has 0 unspecified atom stereocenters. The molecule has 0 aromatic heterocycles. The Morgan fingerprint density at radius 2 is 1.90 bits per heavy atom. The van der Waals surface area contributed by atoms with E-state index in [4.69, 9.17) is 16.3 Å². The van der Waals surface area contributed by atoms with Gasteiger partial charge in [-0.05, 0) is 62.6 Å². The Kier molecular flexibility index (Phi) is 8.61. The summed E-state index contributed by atoms with van der Waals surface area (Å²) in [6, 6.07) is 6.90. The molecule has 0 spiro atoms. The fraction of sp³-hybridized carbons (Fsp3) is 0.583. The first kappa shape index (κ1) is 22.7. The van der Waals surface area contributed by atoms with Gasteiger partial charge in [0, 0.05) is 12.6 Å². The minimum atomic E-state index is -0.688. The first-order chi connectivity index (χ1) is 14.6. The van der Waals surface area contributed by atoms with Crippen molar-refractivity contribution < 1.29 is 14.3 Å². The van der Waals surface area contributed by atoms with Gasteiger partial charge in [-0.1, -0.05) is 36.6 Å². The van der Waals surface area contributed by atoms with Crippen LogP contribution >= 0.6 is 11.6 Å². The quantitative estimate of drug-likeness (QED) is 0.452. The van der Waals surface area contributed by atoms with Gasteiger partial charge in [0.2, 0.25) is 11.8 Å². The predicted molar refractivity (Wildman–Crippen MR) is 120 cm³/mol. The van der Waals surface area contributed by atoms with Crippen LogP contribution < -0.4 is 10.1 Å². The zero-order valence-corrected chi connectivity index (χ0v) is 18.6.